The largest absolute Gasteiger partial charge is 0.431 e. The van der Waals surface area contributed by atoms with Crippen LogP contribution in [0.25, 0.3) is 0 Å². The maximum Gasteiger partial charge on any atom is 0.321 e. The molecule has 4 nitrogen and oxygen atoms in total. The average Bonchev–Trinajstić information content (AvgIpc) is 2.27. The summed E-state index contributed by atoms with van der Waals surface area (Å²) in [5.41, 5.74) is -0.627. The molecule has 1 aliphatic carbocycles. The number of hydrogen-bond acceptors (Lipinski definition) is 4. The SMILES string of the molecule is O=[PH2]C(CCO)C(=O)OC1=CCCCC1. The molecule has 2 unspecified atom stereocenters. The van der Waals surface area contributed by atoms with Crippen molar-refractivity contribution in [3.8, 4) is 0 Å². The zero-order valence-electron chi connectivity index (χ0n) is 8.65. The van der Waals surface area contributed by atoms with E-state index in [2.05, 4.69) is 0 Å². The van der Waals surface area contributed by atoms with Gasteiger partial charge in [-0.15, -0.1) is 0 Å². The van der Waals surface area contributed by atoms with Gasteiger partial charge in [0.15, 0.2) is 0 Å². The Labute approximate surface area is 90.5 Å². The molecule has 0 bridgehead atoms. The van der Waals surface area contributed by atoms with Gasteiger partial charge in [0, 0.05) is 13.0 Å². The summed E-state index contributed by atoms with van der Waals surface area (Å²) in [5, 5.41) is 8.67. The van der Waals surface area contributed by atoms with Crippen LogP contribution in [0.3, 0.4) is 0 Å². The van der Waals surface area contributed by atoms with E-state index in [0.29, 0.717) is 5.76 Å². The predicted molar refractivity (Wildman–Crippen MR) is 58.5 cm³/mol. The second-order valence-corrected chi connectivity index (χ2v) is 4.67. The Morgan fingerprint density at radius 3 is 2.93 bits per heavy atom. The number of carbonyl (C=O) groups excluding carboxylic acids is 1. The topological polar surface area (TPSA) is 63.6 Å². The van der Waals surface area contributed by atoms with E-state index in [4.69, 9.17) is 9.84 Å². The Hall–Kier alpha value is -0.600. The molecule has 1 aliphatic rings. The van der Waals surface area contributed by atoms with Crippen LogP contribution in [0.2, 0.25) is 0 Å². The number of hydrogen-bond donors (Lipinski definition) is 1. The van der Waals surface area contributed by atoms with Crippen molar-refractivity contribution in [2.45, 2.75) is 37.8 Å². The van der Waals surface area contributed by atoms with Crippen LogP contribution in [0.15, 0.2) is 11.8 Å². The fourth-order valence-corrected chi connectivity index (χ4v) is 1.95. The molecule has 0 heterocycles. The fraction of sp³-hybridized carbons (Fsp3) is 0.700. The van der Waals surface area contributed by atoms with Gasteiger partial charge < -0.3 is 14.4 Å². The van der Waals surface area contributed by atoms with Crippen LogP contribution >= 0.6 is 8.46 Å². The second-order valence-electron chi connectivity index (χ2n) is 3.59. The van der Waals surface area contributed by atoms with Gasteiger partial charge >= 0.3 is 5.97 Å². The smallest absolute Gasteiger partial charge is 0.321 e. The van der Waals surface area contributed by atoms with Crippen LogP contribution in [-0.2, 0) is 14.1 Å². The summed E-state index contributed by atoms with van der Waals surface area (Å²) in [4.78, 5) is 11.5. The van der Waals surface area contributed by atoms with Crippen LogP contribution in [0.1, 0.15) is 32.1 Å². The van der Waals surface area contributed by atoms with Crippen LogP contribution in [0.5, 0.6) is 0 Å². The first-order valence-corrected chi connectivity index (χ1v) is 6.38. The van der Waals surface area contributed by atoms with Gasteiger partial charge in [-0.25, -0.2) is 0 Å². The minimum absolute atomic E-state index is 0.131. The lowest BCUT2D eigenvalue weighted by Gasteiger charge is -2.14. The minimum atomic E-state index is -1.22. The van der Waals surface area contributed by atoms with Gasteiger partial charge in [-0.1, -0.05) is 0 Å². The normalized spacial score (nSPS) is 18.9. The van der Waals surface area contributed by atoms with E-state index in [9.17, 15) is 9.36 Å². The van der Waals surface area contributed by atoms with Crippen molar-refractivity contribution in [3.05, 3.63) is 11.8 Å². The molecule has 0 spiro atoms. The number of ether oxygens (including phenoxy) is 1. The van der Waals surface area contributed by atoms with E-state index in [-0.39, 0.29) is 13.0 Å². The van der Waals surface area contributed by atoms with Crippen molar-refractivity contribution in [1.82, 2.24) is 0 Å². The molecular weight excluding hydrogens is 215 g/mol. The molecule has 86 valence electrons. The minimum Gasteiger partial charge on any atom is -0.431 e. The molecule has 0 fully saturated rings. The van der Waals surface area contributed by atoms with Crippen molar-refractivity contribution >= 4 is 14.4 Å². The average molecular weight is 232 g/mol. The van der Waals surface area contributed by atoms with E-state index < -0.39 is 20.1 Å². The summed E-state index contributed by atoms with van der Waals surface area (Å²) >= 11 is 0. The van der Waals surface area contributed by atoms with Gasteiger partial charge in [-0.05, 0) is 31.8 Å². The standard InChI is InChI=1S/C10H17O4P/c11-7-6-9(15-13)10(12)14-8-4-2-1-3-5-8/h4,9,11H,1-3,5-7,15H2. The van der Waals surface area contributed by atoms with Crippen molar-refractivity contribution < 1.29 is 19.2 Å². The maximum absolute atomic E-state index is 11.5. The zero-order valence-corrected chi connectivity index (χ0v) is 9.80. The predicted octanol–water partition coefficient (Wildman–Crippen LogP) is 1.49. The van der Waals surface area contributed by atoms with Crippen LogP contribution in [-0.4, -0.2) is 23.3 Å². The van der Waals surface area contributed by atoms with Gasteiger partial charge in [0.25, 0.3) is 0 Å². The highest BCUT2D eigenvalue weighted by Gasteiger charge is 2.19. The number of rotatable bonds is 5. The van der Waals surface area contributed by atoms with E-state index in [1.165, 1.54) is 0 Å². The highest BCUT2D eigenvalue weighted by molar-refractivity contribution is 7.26. The van der Waals surface area contributed by atoms with E-state index in [1.807, 2.05) is 6.08 Å². The van der Waals surface area contributed by atoms with Gasteiger partial charge in [0.05, 0.1) is 8.46 Å². The number of aliphatic hydroxyl groups is 1. The molecule has 0 amide bonds. The summed E-state index contributed by atoms with van der Waals surface area (Å²) in [6, 6.07) is 0. The molecule has 1 N–H and O–H groups in total. The first-order valence-electron chi connectivity index (χ1n) is 5.25. The third-order valence-electron chi connectivity index (χ3n) is 2.39. The Kier molecular flexibility index (Phi) is 5.66. The Morgan fingerprint density at radius 2 is 2.40 bits per heavy atom. The van der Waals surface area contributed by atoms with Gasteiger partial charge in [0.1, 0.15) is 11.4 Å². The molecule has 15 heavy (non-hydrogen) atoms. The summed E-state index contributed by atoms with van der Waals surface area (Å²) < 4.78 is 15.9. The molecule has 2 atom stereocenters. The highest BCUT2D eigenvalue weighted by Crippen LogP contribution is 2.21. The summed E-state index contributed by atoms with van der Waals surface area (Å²) in [5.74, 6) is 0.240. The van der Waals surface area contributed by atoms with Gasteiger partial charge in [-0.3, -0.25) is 4.79 Å². The number of esters is 1. The second kappa shape index (κ2) is 6.81. The van der Waals surface area contributed by atoms with Crippen LogP contribution < -0.4 is 0 Å². The monoisotopic (exact) mass is 232 g/mol. The van der Waals surface area contributed by atoms with Gasteiger partial charge in [-0.2, -0.15) is 0 Å². The van der Waals surface area contributed by atoms with Crippen molar-refractivity contribution in [2.24, 2.45) is 0 Å². The quantitative estimate of drug-likeness (QED) is 0.576. The third kappa shape index (κ3) is 4.18. The number of allylic oxidation sites excluding steroid dienone is 2. The lowest BCUT2D eigenvalue weighted by atomic mass is 10.1. The highest BCUT2D eigenvalue weighted by atomic mass is 31.1. The first-order chi connectivity index (χ1) is 7.27. The van der Waals surface area contributed by atoms with E-state index in [0.717, 1.165) is 25.7 Å². The lowest BCUT2D eigenvalue weighted by molar-refractivity contribution is -0.139. The number of aliphatic hydroxyl groups excluding tert-OH is 1. The Balaban J connectivity index is 2.45. The molecule has 5 heteroatoms. The summed E-state index contributed by atoms with van der Waals surface area (Å²) in [7, 11) is -1.22. The van der Waals surface area contributed by atoms with Crippen molar-refractivity contribution in [3.63, 3.8) is 0 Å². The molecule has 0 aromatic rings. The fourth-order valence-electron chi connectivity index (χ4n) is 1.49. The zero-order chi connectivity index (χ0) is 11.1. The summed E-state index contributed by atoms with van der Waals surface area (Å²) in [6.45, 7) is -0.131. The first kappa shape index (κ1) is 12.5. The Morgan fingerprint density at radius 1 is 1.60 bits per heavy atom. The molecule has 1 rings (SSSR count). The lowest BCUT2D eigenvalue weighted by Crippen LogP contribution is -2.19. The maximum atomic E-state index is 11.5. The van der Waals surface area contributed by atoms with E-state index in [1.54, 1.807) is 0 Å². The van der Waals surface area contributed by atoms with Gasteiger partial charge in [0.2, 0.25) is 0 Å². The molecule has 0 aromatic carbocycles. The molecule has 0 radical (unpaired) electrons. The summed E-state index contributed by atoms with van der Waals surface area (Å²) in [6.07, 6.45) is 6.04. The number of carbonyl (C=O) groups is 1. The molecule has 0 saturated carbocycles. The van der Waals surface area contributed by atoms with Crippen molar-refractivity contribution in [2.75, 3.05) is 6.61 Å². The van der Waals surface area contributed by atoms with E-state index >= 15 is 0 Å². The molecular formula is C10H17O4P. The Bertz CT molecular complexity index is 262. The molecule has 0 saturated heterocycles. The van der Waals surface area contributed by atoms with Crippen molar-refractivity contribution in [1.29, 1.82) is 0 Å². The molecule has 0 aromatic heterocycles. The van der Waals surface area contributed by atoms with Crippen LogP contribution in [0, 0.1) is 0 Å². The van der Waals surface area contributed by atoms with Crippen LogP contribution in [0.4, 0.5) is 0 Å². The third-order valence-corrected chi connectivity index (χ3v) is 3.32. The molecule has 0 aliphatic heterocycles.